The third-order valence-corrected chi connectivity index (χ3v) is 5.00. The summed E-state index contributed by atoms with van der Waals surface area (Å²) >= 11 is 0. The summed E-state index contributed by atoms with van der Waals surface area (Å²) in [6, 6.07) is 9.64. The first-order valence-electron chi connectivity index (χ1n) is 8.32. The Labute approximate surface area is 135 Å². The van der Waals surface area contributed by atoms with E-state index in [1.807, 2.05) is 12.1 Å². The molecule has 124 valence electrons. The maximum absolute atomic E-state index is 5.87. The number of ether oxygens (including phenoxy) is 1. The van der Waals surface area contributed by atoms with Crippen molar-refractivity contribution in [2.45, 2.75) is 38.9 Å². The van der Waals surface area contributed by atoms with Crippen LogP contribution in [0.3, 0.4) is 0 Å². The molecule has 0 spiro atoms. The van der Waals surface area contributed by atoms with E-state index in [-0.39, 0.29) is 0 Å². The third-order valence-electron chi connectivity index (χ3n) is 5.00. The van der Waals surface area contributed by atoms with Crippen molar-refractivity contribution in [3.63, 3.8) is 0 Å². The maximum Gasteiger partial charge on any atom is 0.118 e. The minimum absolute atomic E-state index is 0.608. The molecule has 1 fully saturated rings. The van der Waals surface area contributed by atoms with E-state index in [1.165, 1.54) is 12.0 Å². The number of piperidine rings is 1. The standard InChI is InChI=1S/C18H31N3O/c1-14-12-20(3)15(2)11-18(14)21(10-9-19)13-16-5-7-17(22-4)8-6-16/h5-8,14-15,18H,9-13,19H2,1-4H3/t14-,15-,18+/m0/s1. The molecule has 1 aliphatic heterocycles. The summed E-state index contributed by atoms with van der Waals surface area (Å²) in [5.74, 6) is 1.58. The zero-order chi connectivity index (χ0) is 16.1. The molecule has 0 radical (unpaired) electrons. The number of benzene rings is 1. The first-order chi connectivity index (χ1) is 10.5. The Morgan fingerprint density at radius 2 is 1.95 bits per heavy atom. The molecule has 0 saturated carbocycles. The van der Waals surface area contributed by atoms with Gasteiger partial charge in [-0.2, -0.15) is 0 Å². The summed E-state index contributed by atoms with van der Waals surface area (Å²) < 4.78 is 5.24. The monoisotopic (exact) mass is 305 g/mol. The van der Waals surface area contributed by atoms with E-state index in [1.54, 1.807) is 7.11 Å². The fourth-order valence-corrected chi connectivity index (χ4v) is 3.52. The lowest BCUT2D eigenvalue weighted by atomic mass is 9.88. The summed E-state index contributed by atoms with van der Waals surface area (Å²) in [4.78, 5) is 5.03. The van der Waals surface area contributed by atoms with Crippen molar-refractivity contribution in [2.24, 2.45) is 11.7 Å². The molecular formula is C18H31N3O. The predicted molar refractivity (Wildman–Crippen MR) is 92.1 cm³/mol. The summed E-state index contributed by atoms with van der Waals surface area (Å²) in [5, 5.41) is 0. The van der Waals surface area contributed by atoms with Crippen LogP contribution in [0.25, 0.3) is 0 Å². The Balaban J connectivity index is 2.07. The van der Waals surface area contributed by atoms with Crippen molar-refractivity contribution < 1.29 is 4.74 Å². The van der Waals surface area contributed by atoms with Crippen LogP contribution in [0.5, 0.6) is 5.75 Å². The van der Waals surface area contributed by atoms with E-state index in [9.17, 15) is 0 Å². The number of hydrogen-bond donors (Lipinski definition) is 1. The molecule has 1 heterocycles. The van der Waals surface area contributed by atoms with Crippen LogP contribution in [0.15, 0.2) is 24.3 Å². The van der Waals surface area contributed by atoms with Crippen molar-refractivity contribution in [1.29, 1.82) is 0 Å². The van der Waals surface area contributed by atoms with Crippen LogP contribution in [-0.4, -0.2) is 55.7 Å². The minimum atomic E-state index is 0.608. The van der Waals surface area contributed by atoms with Crippen LogP contribution >= 0.6 is 0 Å². The van der Waals surface area contributed by atoms with Crippen molar-refractivity contribution in [1.82, 2.24) is 9.80 Å². The van der Waals surface area contributed by atoms with Crippen molar-refractivity contribution in [3.05, 3.63) is 29.8 Å². The van der Waals surface area contributed by atoms with E-state index in [0.717, 1.165) is 25.4 Å². The summed E-state index contributed by atoms with van der Waals surface area (Å²) in [6.45, 7) is 8.49. The number of methoxy groups -OCH3 is 1. The smallest absolute Gasteiger partial charge is 0.118 e. The highest BCUT2D eigenvalue weighted by atomic mass is 16.5. The van der Waals surface area contributed by atoms with Gasteiger partial charge in [0.05, 0.1) is 7.11 Å². The topological polar surface area (TPSA) is 41.7 Å². The van der Waals surface area contributed by atoms with E-state index in [2.05, 4.69) is 42.8 Å². The molecule has 0 bridgehead atoms. The lowest BCUT2D eigenvalue weighted by Crippen LogP contribution is -2.53. The molecule has 4 heteroatoms. The molecule has 2 N–H and O–H groups in total. The first-order valence-corrected chi connectivity index (χ1v) is 8.32. The quantitative estimate of drug-likeness (QED) is 0.875. The number of nitrogens with two attached hydrogens (primary N) is 1. The second-order valence-corrected chi connectivity index (χ2v) is 6.68. The highest BCUT2D eigenvalue weighted by Crippen LogP contribution is 2.26. The van der Waals surface area contributed by atoms with Gasteiger partial charge in [0.1, 0.15) is 5.75 Å². The lowest BCUT2D eigenvalue weighted by molar-refractivity contribution is 0.0428. The SMILES string of the molecule is COc1ccc(CN(CCN)[C@@H]2C[C@H](C)N(C)C[C@@H]2C)cc1. The Bertz CT molecular complexity index is 448. The largest absolute Gasteiger partial charge is 0.497 e. The second kappa shape index (κ2) is 7.95. The van der Waals surface area contributed by atoms with Crippen LogP contribution in [0.2, 0.25) is 0 Å². The average molecular weight is 305 g/mol. The molecule has 2 rings (SSSR count). The molecule has 1 aliphatic rings. The van der Waals surface area contributed by atoms with Gasteiger partial charge in [-0.1, -0.05) is 19.1 Å². The van der Waals surface area contributed by atoms with E-state index < -0.39 is 0 Å². The highest BCUT2D eigenvalue weighted by molar-refractivity contribution is 5.27. The van der Waals surface area contributed by atoms with Crippen molar-refractivity contribution in [2.75, 3.05) is 33.8 Å². The van der Waals surface area contributed by atoms with Gasteiger partial charge in [0.2, 0.25) is 0 Å². The lowest BCUT2D eigenvalue weighted by Gasteiger charge is -2.45. The van der Waals surface area contributed by atoms with Gasteiger partial charge in [-0.05, 0) is 44.0 Å². The zero-order valence-corrected chi connectivity index (χ0v) is 14.5. The average Bonchev–Trinajstić information content (AvgIpc) is 2.51. The van der Waals surface area contributed by atoms with Gasteiger partial charge in [-0.15, -0.1) is 0 Å². The van der Waals surface area contributed by atoms with Gasteiger partial charge in [0, 0.05) is 38.3 Å². The van der Waals surface area contributed by atoms with Crippen LogP contribution in [0.1, 0.15) is 25.8 Å². The molecular weight excluding hydrogens is 274 g/mol. The van der Waals surface area contributed by atoms with E-state index in [4.69, 9.17) is 10.5 Å². The molecule has 1 aromatic carbocycles. The van der Waals surface area contributed by atoms with Crippen molar-refractivity contribution in [3.8, 4) is 5.75 Å². The Kier molecular flexibility index (Phi) is 6.24. The molecule has 3 atom stereocenters. The summed E-state index contributed by atoms with van der Waals surface area (Å²) in [5.41, 5.74) is 7.20. The van der Waals surface area contributed by atoms with Gasteiger partial charge in [0.15, 0.2) is 0 Å². The van der Waals surface area contributed by atoms with Crippen LogP contribution in [0.4, 0.5) is 0 Å². The molecule has 22 heavy (non-hydrogen) atoms. The number of likely N-dealkylation sites (tertiary alicyclic amines) is 1. The van der Waals surface area contributed by atoms with Gasteiger partial charge >= 0.3 is 0 Å². The van der Waals surface area contributed by atoms with E-state index >= 15 is 0 Å². The summed E-state index contributed by atoms with van der Waals surface area (Å²) in [7, 11) is 3.94. The predicted octanol–water partition coefficient (Wildman–Crippen LogP) is 2.18. The molecule has 4 nitrogen and oxygen atoms in total. The fraction of sp³-hybridized carbons (Fsp3) is 0.667. The number of rotatable bonds is 6. The number of hydrogen-bond acceptors (Lipinski definition) is 4. The second-order valence-electron chi connectivity index (χ2n) is 6.68. The highest BCUT2D eigenvalue weighted by Gasteiger charge is 2.32. The number of nitrogens with zero attached hydrogens (tertiary/aromatic N) is 2. The Hall–Kier alpha value is -1.10. The van der Waals surface area contributed by atoms with Crippen LogP contribution in [-0.2, 0) is 6.54 Å². The molecule has 0 amide bonds. The Morgan fingerprint density at radius 1 is 1.27 bits per heavy atom. The van der Waals surface area contributed by atoms with Gasteiger partial charge in [-0.3, -0.25) is 4.90 Å². The maximum atomic E-state index is 5.87. The third kappa shape index (κ3) is 4.22. The molecule has 1 saturated heterocycles. The zero-order valence-electron chi connectivity index (χ0n) is 14.5. The molecule has 0 aromatic heterocycles. The minimum Gasteiger partial charge on any atom is -0.497 e. The molecule has 0 aliphatic carbocycles. The van der Waals surface area contributed by atoms with Crippen LogP contribution < -0.4 is 10.5 Å². The van der Waals surface area contributed by atoms with Crippen molar-refractivity contribution >= 4 is 0 Å². The van der Waals surface area contributed by atoms with Crippen LogP contribution in [0, 0.1) is 5.92 Å². The van der Waals surface area contributed by atoms with Gasteiger partial charge in [0.25, 0.3) is 0 Å². The Morgan fingerprint density at radius 3 is 2.55 bits per heavy atom. The summed E-state index contributed by atoms with van der Waals surface area (Å²) in [6.07, 6.45) is 1.22. The van der Waals surface area contributed by atoms with Gasteiger partial charge < -0.3 is 15.4 Å². The first kappa shape index (κ1) is 17.3. The van der Waals surface area contributed by atoms with E-state index in [0.29, 0.717) is 24.5 Å². The van der Waals surface area contributed by atoms with Gasteiger partial charge in [-0.25, -0.2) is 0 Å². The normalized spacial score (nSPS) is 26.4. The molecule has 0 unspecified atom stereocenters. The fourth-order valence-electron chi connectivity index (χ4n) is 3.52. The molecule has 1 aromatic rings.